The Hall–Kier alpha value is -0.0800. The van der Waals surface area contributed by atoms with Gasteiger partial charge < -0.3 is 10.2 Å². The molecule has 1 aliphatic heterocycles. The van der Waals surface area contributed by atoms with E-state index >= 15 is 0 Å². The van der Waals surface area contributed by atoms with Gasteiger partial charge in [0.05, 0.1) is 0 Å². The molecule has 0 aromatic heterocycles. The SMILES string of the molecule is CCC(C)CC(C)N1CCC(C)NC(CC)CC1. The average Bonchev–Trinajstić information content (AvgIpc) is 2.33. The van der Waals surface area contributed by atoms with Crippen molar-refractivity contribution in [3.05, 3.63) is 0 Å². The first-order valence-electron chi connectivity index (χ1n) is 8.06. The molecule has 1 saturated heterocycles. The van der Waals surface area contributed by atoms with Gasteiger partial charge in [-0.3, -0.25) is 0 Å². The van der Waals surface area contributed by atoms with Crippen molar-refractivity contribution in [2.75, 3.05) is 13.1 Å². The molecular formula is C16H34N2. The van der Waals surface area contributed by atoms with Crippen LogP contribution in [0.1, 0.15) is 66.7 Å². The van der Waals surface area contributed by atoms with Gasteiger partial charge in [0.15, 0.2) is 0 Å². The van der Waals surface area contributed by atoms with Gasteiger partial charge in [-0.25, -0.2) is 0 Å². The molecule has 108 valence electrons. The van der Waals surface area contributed by atoms with Gasteiger partial charge in [-0.05, 0) is 58.5 Å². The summed E-state index contributed by atoms with van der Waals surface area (Å²) in [6.07, 6.45) is 6.54. The molecule has 4 unspecified atom stereocenters. The number of rotatable bonds is 5. The summed E-state index contributed by atoms with van der Waals surface area (Å²) in [6, 6.07) is 2.15. The van der Waals surface area contributed by atoms with E-state index in [4.69, 9.17) is 0 Å². The van der Waals surface area contributed by atoms with E-state index in [1.54, 1.807) is 0 Å². The van der Waals surface area contributed by atoms with Gasteiger partial charge in [0, 0.05) is 18.1 Å². The van der Waals surface area contributed by atoms with Gasteiger partial charge >= 0.3 is 0 Å². The zero-order valence-electron chi connectivity index (χ0n) is 13.2. The molecule has 0 spiro atoms. The van der Waals surface area contributed by atoms with Crippen molar-refractivity contribution in [3.8, 4) is 0 Å². The predicted molar refractivity (Wildman–Crippen MR) is 81.0 cm³/mol. The fraction of sp³-hybridized carbons (Fsp3) is 1.00. The Morgan fingerprint density at radius 3 is 2.44 bits per heavy atom. The van der Waals surface area contributed by atoms with Crippen LogP contribution >= 0.6 is 0 Å². The summed E-state index contributed by atoms with van der Waals surface area (Å²) < 4.78 is 0. The van der Waals surface area contributed by atoms with Crippen LogP contribution in [0.15, 0.2) is 0 Å². The summed E-state index contributed by atoms with van der Waals surface area (Å²) in [4.78, 5) is 2.73. The molecule has 0 aromatic carbocycles. The second kappa shape index (κ2) is 8.16. The highest BCUT2D eigenvalue weighted by Crippen LogP contribution is 2.17. The number of hydrogen-bond donors (Lipinski definition) is 1. The van der Waals surface area contributed by atoms with Gasteiger partial charge in [-0.1, -0.05) is 27.2 Å². The zero-order valence-corrected chi connectivity index (χ0v) is 13.2. The smallest absolute Gasteiger partial charge is 0.00790 e. The maximum Gasteiger partial charge on any atom is 0.00790 e. The van der Waals surface area contributed by atoms with Gasteiger partial charge in [-0.2, -0.15) is 0 Å². The van der Waals surface area contributed by atoms with E-state index in [1.165, 1.54) is 45.2 Å². The normalized spacial score (nSPS) is 30.5. The van der Waals surface area contributed by atoms with Crippen LogP contribution in [0.3, 0.4) is 0 Å². The Bertz CT molecular complexity index is 217. The second-order valence-corrected chi connectivity index (χ2v) is 6.38. The highest BCUT2D eigenvalue weighted by atomic mass is 15.2. The van der Waals surface area contributed by atoms with Crippen molar-refractivity contribution >= 4 is 0 Å². The molecule has 0 amide bonds. The molecular weight excluding hydrogens is 220 g/mol. The van der Waals surface area contributed by atoms with Crippen molar-refractivity contribution in [1.82, 2.24) is 10.2 Å². The molecule has 0 aromatic rings. The Labute approximate surface area is 115 Å². The van der Waals surface area contributed by atoms with Crippen LogP contribution in [-0.2, 0) is 0 Å². The fourth-order valence-electron chi connectivity index (χ4n) is 3.02. The molecule has 2 nitrogen and oxygen atoms in total. The highest BCUT2D eigenvalue weighted by Gasteiger charge is 2.21. The van der Waals surface area contributed by atoms with E-state index in [9.17, 15) is 0 Å². The monoisotopic (exact) mass is 254 g/mol. The molecule has 1 rings (SSSR count). The quantitative estimate of drug-likeness (QED) is 0.805. The molecule has 1 N–H and O–H groups in total. The average molecular weight is 254 g/mol. The molecule has 1 fully saturated rings. The molecule has 1 heterocycles. The van der Waals surface area contributed by atoms with Gasteiger partial charge in [0.2, 0.25) is 0 Å². The largest absolute Gasteiger partial charge is 0.311 e. The minimum atomic E-state index is 0.675. The first kappa shape index (κ1) is 16.0. The molecule has 0 aliphatic carbocycles. The van der Waals surface area contributed by atoms with Crippen LogP contribution in [0.5, 0.6) is 0 Å². The van der Waals surface area contributed by atoms with Crippen molar-refractivity contribution in [2.45, 2.75) is 84.8 Å². The van der Waals surface area contributed by atoms with Crippen LogP contribution in [0, 0.1) is 5.92 Å². The molecule has 18 heavy (non-hydrogen) atoms. The summed E-state index contributed by atoms with van der Waals surface area (Å²) in [5.41, 5.74) is 0. The van der Waals surface area contributed by atoms with Gasteiger partial charge in [0.25, 0.3) is 0 Å². The third-order valence-electron chi connectivity index (χ3n) is 4.69. The van der Waals surface area contributed by atoms with E-state index < -0.39 is 0 Å². The molecule has 4 atom stereocenters. The van der Waals surface area contributed by atoms with E-state index in [0.29, 0.717) is 6.04 Å². The van der Waals surface area contributed by atoms with E-state index in [1.807, 2.05) is 0 Å². The number of nitrogens with one attached hydrogen (secondary N) is 1. The summed E-state index contributed by atoms with van der Waals surface area (Å²) in [5, 5.41) is 3.75. The van der Waals surface area contributed by atoms with Crippen LogP contribution in [0.2, 0.25) is 0 Å². The minimum Gasteiger partial charge on any atom is -0.311 e. The molecule has 2 heteroatoms. The lowest BCUT2D eigenvalue weighted by Gasteiger charge is -2.36. The van der Waals surface area contributed by atoms with Crippen LogP contribution in [-0.4, -0.2) is 36.1 Å². The Morgan fingerprint density at radius 2 is 1.83 bits per heavy atom. The minimum absolute atomic E-state index is 0.675. The predicted octanol–water partition coefficient (Wildman–Crippen LogP) is 3.66. The molecule has 0 bridgehead atoms. The lowest BCUT2D eigenvalue weighted by Crippen LogP contribution is -2.46. The lowest BCUT2D eigenvalue weighted by atomic mass is 9.97. The fourth-order valence-corrected chi connectivity index (χ4v) is 3.02. The third-order valence-corrected chi connectivity index (χ3v) is 4.69. The number of hydrogen-bond acceptors (Lipinski definition) is 2. The van der Waals surface area contributed by atoms with Crippen molar-refractivity contribution in [3.63, 3.8) is 0 Å². The van der Waals surface area contributed by atoms with E-state index in [-0.39, 0.29) is 0 Å². The van der Waals surface area contributed by atoms with Crippen LogP contribution < -0.4 is 5.32 Å². The standard InChI is InChI=1S/C16H34N2/c1-6-13(3)12-15(5)18-10-8-14(4)17-16(7-2)9-11-18/h13-17H,6-12H2,1-5H3. The first-order valence-corrected chi connectivity index (χ1v) is 8.06. The molecule has 1 aliphatic rings. The van der Waals surface area contributed by atoms with Crippen LogP contribution in [0.4, 0.5) is 0 Å². The van der Waals surface area contributed by atoms with E-state index in [2.05, 4.69) is 44.8 Å². The Kier molecular flexibility index (Phi) is 7.25. The molecule has 0 radical (unpaired) electrons. The molecule has 0 saturated carbocycles. The van der Waals surface area contributed by atoms with Crippen molar-refractivity contribution in [1.29, 1.82) is 0 Å². The maximum absolute atomic E-state index is 3.75. The topological polar surface area (TPSA) is 15.3 Å². The van der Waals surface area contributed by atoms with Crippen molar-refractivity contribution in [2.24, 2.45) is 5.92 Å². The van der Waals surface area contributed by atoms with E-state index in [0.717, 1.165) is 18.0 Å². The zero-order chi connectivity index (χ0) is 13.5. The Morgan fingerprint density at radius 1 is 1.17 bits per heavy atom. The maximum atomic E-state index is 3.75. The van der Waals surface area contributed by atoms with Gasteiger partial charge in [0.1, 0.15) is 0 Å². The highest BCUT2D eigenvalue weighted by molar-refractivity contribution is 4.79. The lowest BCUT2D eigenvalue weighted by molar-refractivity contribution is 0.149. The van der Waals surface area contributed by atoms with Crippen LogP contribution in [0.25, 0.3) is 0 Å². The third kappa shape index (κ3) is 5.27. The van der Waals surface area contributed by atoms with Gasteiger partial charge in [-0.15, -0.1) is 0 Å². The summed E-state index contributed by atoms with van der Waals surface area (Å²) >= 11 is 0. The Balaban J connectivity index is 2.48. The van der Waals surface area contributed by atoms with Crippen molar-refractivity contribution < 1.29 is 0 Å². The number of nitrogens with zero attached hydrogens (tertiary/aromatic N) is 1. The summed E-state index contributed by atoms with van der Waals surface area (Å²) in [5.74, 6) is 0.864. The second-order valence-electron chi connectivity index (χ2n) is 6.38. The summed E-state index contributed by atoms with van der Waals surface area (Å²) in [7, 11) is 0. The first-order chi connectivity index (χ1) is 8.56. The summed E-state index contributed by atoms with van der Waals surface area (Å²) in [6.45, 7) is 14.3.